The monoisotopic (exact) mass is 454 g/mol. The van der Waals surface area contributed by atoms with E-state index >= 15 is 0 Å². The van der Waals surface area contributed by atoms with E-state index in [-0.39, 0.29) is 24.4 Å². The molecule has 4 rings (SSSR count). The number of carbonyl (C=O) groups is 1. The standard InChI is InChI=1S/C22H26N6O3S/c1-15(2)27-14-24-21(25-27)19-13-28(32(4,30)31)20-9-8-16(11-18(19)20)22(29)26(3)12-17-7-5-6-10-23-17/h5-11,14-15,19H,12-13H2,1-4H3/t19-/m1/s1. The largest absolute Gasteiger partial charge is 0.336 e. The molecule has 0 saturated heterocycles. The number of anilines is 1. The first-order valence-corrected chi connectivity index (χ1v) is 12.2. The van der Waals surface area contributed by atoms with Crippen molar-refractivity contribution in [3.8, 4) is 0 Å². The molecule has 0 spiro atoms. The highest BCUT2D eigenvalue weighted by Crippen LogP contribution is 2.41. The molecule has 0 aliphatic carbocycles. The van der Waals surface area contributed by atoms with Gasteiger partial charge in [0.05, 0.1) is 30.1 Å². The van der Waals surface area contributed by atoms with Crippen LogP contribution in [0.15, 0.2) is 48.9 Å². The van der Waals surface area contributed by atoms with Crippen molar-refractivity contribution in [2.24, 2.45) is 0 Å². The molecule has 10 heteroatoms. The molecule has 0 N–H and O–H groups in total. The van der Waals surface area contributed by atoms with E-state index in [0.29, 0.717) is 23.6 Å². The molecule has 0 saturated carbocycles. The second-order valence-electron chi connectivity index (χ2n) is 8.28. The van der Waals surface area contributed by atoms with Gasteiger partial charge in [-0.15, -0.1) is 0 Å². The van der Waals surface area contributed by atoms with E-state index in [1.54, 1.807) is 47.4 Å². The summed E-state index contributed by atoms with van der Waals surface area (Å²) in [5, 5.41) is 4.55. The number of aromatic nitrogens is 4. The van der Waals surface area contributed by atoms with Crippen LogP contribution >= 0.6 is 0 Å². The SMILES string of the molecule is CC(C)n1cnc([C@@H]2CN(S(C)(=O)=O)c3ccc(C(=O)N(C)Cc4ccccn4)cc32)n1. The fourth-order valence-corrected chi connectivity index (χ4v) is 4.76. The lowest BCUT2D eigenvalue weighted by atomic mass is 9.98. The summed E-state index contributed by atoms with van der Waals surface area (Å²) in [6.45, 7) is 4.57. The highest BCUT2D eigenvalue weighted by molar-refractivity contribution is 7.92. The molecule has 9 nitrogen and oxygen atoms in total. The van der Waals surface area contributed by atoms with Crippen molar-refractivity contribution in [1.82, 2.24) is 24.6 Å². The van der Waals surface area contributed by atoms with Crippen molar-refractivity contribution in [1.29, 1.82) is 0 Å². The number of pyridine rings is 1. The molecule has 1 aliphatic rings. The predicted octanol–water partition coefficient (Wildman–Crippen LogP) is 2.44. The van der Waals surface area contributed by atoms with Crippen molar-refractivity contribution in [3.05, 3.63) is 71.6 Å². The van der Waals surface area contributed by atoms with Gasteiger partial charge in [-0.05, 0) is 49.7 Å². The zero-order valence-corrected chi connectivity index (χ0v) is 19.3. The van der Waals surface area contributed by atoms with Crippen LogP contribution in [0.5, 0.6) is 0 Å². The maximum Gasteiger partial charge on any atom is 0.253 e. The van der Waals surface area contributed by atoms with Gasteiger partial charge in [0.1, 0.15) is 6.33 Å². The molecule has 3 heterocycles. The predicted molar refractivity (Wildman–Crippen MR) is 121 cm³/mol. The number of hydrogen-bond acceptors (Lipinski definition) is 6. The molecular formula is C22H26N6O3S. The Balaban J connectivity index is 1.69. The van der Waals surface area contributed by atoms with Crippen molar-refractivity contribution in [3.63, 3.8) is 0 Å². The van der Waals surface area contributed by atoms with E-state index in [0.717, 1.165) is 11.3 Å². The zero-order valence-electron chi connectivity index (χ0n) is 18.5. The molecule has 1 amide bonds. The van der Waals surface area contributed by atoms with Gasteiger partial charge in [-0.25, -0.2) is 13.4 Å². The quantitative estimate of drug-likeness (QED) is 0.567. The topological polar surface area (TPSA) is 101 Å². The maximum absolute atomic E-state index is 13.1. The molecule has 1 aromatic carbocycles. The zero-order chi connectivity index (χ0) is 23.0. The van der Waals surface area contributed by atoms with Gasteiger partial charge < -0.3 is 4.90 Å². The summed E-state index contributed by atoms with van der Waals surface area (Å²) in [5.74, 6) is 0.0155. The summed E-state index contributed by atoms with van der Waals surface area (Å²) >= 11 is 0. The summed E-state index contributed by atoms with van der Waals surface area (Å²) in [4.78, 5) is 23.4. The number of rotatable bonds is 6. The third-order valence-electron chi connectivity index (χ3n) is 5.51. The number of carbonyl (C=O) groups excluding carboxylic acids is 1. The van der Waals surface area contributed by atoms with Crippen molar-refractivity contribution < 1.29 is 13.2 Å². The minimum Gasteiger partial charge on any atom is -0.336 e. The second-order valence-corrected chi connectivity index (χ2v) is 10.2. The normalized spacial score (nSPS) is 15.8. The number of amides is 1. The lowest BCUT2D eigenvalue weighted by molar-refractivity contribution is 0.0783. The average Bonchev–Trinajstić information content (AvgIpc) is 3.38. The van der Waals surface area contributed by atoms with Crippen LogP contribution in [0.3, 0.4) is 0 Å². The number of hydrogen-bond donors (Lipinski definition) is 0. The van der Waals surface area contributed by atoms with Crippen LogP contribution in [0.4, 0.5) is 5.69 Å². The Morgan fingerprint density at radius 1 is 1.22 bits per heavy atom. The minimum atomic E-state index is -3.49. The van der Waals surface area contributed by atoms with E-state index in [1.807, 2.05) is 32.0 Å². The molecule has 2 aromatic heterocycles. The van der Waals surface area contributed by atoms with E-state index in [1.165, 1.54) is 10.6 Å². The van der Waals surface area contributed by atoms with E-state index in [4.69, 9.17) is 0 Å². The van der Waals surface area contributed by atoms with Gasteiger partial charge in [-0.3, -0.25) is 18.8 Å². The molecule has 0 fully saturated rings. The summed E-state index contributed by atoms with van der Waals surface area (Å²) in [6, 6.07) is 10.8. The van der Waals surface area contributed by atoms with Crippen LogP contribution in [0.2, 0.25) is 0 Å². The molecule has 32 heavy (non-hydrogen) atoms. The molecule has 0 bridgehead atoms. The average molecular weight is 455 g/mol. The van der Waals surface area contributed by atoms with Crippen LogP contribution in [-0.2, 0) is 16.6 Å². The summed E-state index contributed by atoms with van der Waals surface area (Å²) in [5.41, 5.74) is 2.55. The molecule has 168 valence electrons. The van der Waals surface area contributed by atoms with Crippen molar-refractivity contribution >= 4 is 21.6 Å². The van der Waals surface area contributed by atoms with Crippen LogP contribution in [-0.4, -0.2) is 58.8 Å². The number of benzene rings is 1. The molecular weight excluding hydrogens is 428 g/mol. The van der Waals surface area contributed by atoms with Crippen molar-refractivity contribution in [2.45, 2.75) is 32.4 Å². The van der Waals surface area contributed by atoms with Crippen molar-refractivity contribution in [2.75, 3.05) is 24.2 Å². The van der Waals surface area contributed by atoms with Crippen LogP contribution in [0, 0.1) is 0 Å². The fourth-order valence-electron chi connectivity index (χ4n) is 3.81. The Bertz CT molecular complexity index is 1240. The lowest BCUT2D eigenvalue weighted by Crippen LogP contribution is -2.29. The minimum absolute atomic E-state index is 0.135. The summed E-state index contributed by atoms with van der Waals surface area (Å²) in [7, 11) is -1.77. The Hall–Kier alpha value is -3.27. The first kappa shape index (κ1) is 21.9. The van der Waals surface area contributed by atoms with Gasteiger partial charge in [0.2, 0.25) is 10.0 Å². The lowest BCUT2D eigenvalue weighted by Gasteiger charge is -2.18. The van der Waals surface area contributed by atoms with Gasteiger partial charge in [-0.1, -0.05) is 6.07 Å². The Morgan fingerprint density at radius 3 is 2.62 bits per heavy atom. The third kappa shape index (κ3) is 4.22. The number of sulfonamides is 1. The first-order valence-electron chi connectivity index (χ1n) is 10.3. The van der Waals surface area contributed by atoms with Crippen LogP contribution < -0.4 is 4.31 Å². The van der Waals surface area contributed by atoms with E-state index in [2.05, 4.69) is 15.1 Å². The molecule has 0 radical (unpaired) electrons. The highest BCUT2D eigenvalue weighted by Gasteiger charge is 2.37. The fraction of sp³-hybridized carbons (Fsp3) is 0.364. The van der Waals surface area contributed by atoms with Gasteiger partial charge in [0.15, 0.2) is 5.82 Å². The second kappa shape index (κ2) is 8.34. The van der Waals surface area contributed by atoms with Gasteiger partial charge >= 0.3 is 0 Å². The molecule has 3 aromatic rings. The summed E-state index contributed by atoms with van der Waals surface area (Å²) in [6.07, 6.45) is 4.52. The van der Waals surface area contributed by atoms with Gasteiger partial charge in [-0.2, -0.15) is 5.10 Å². The van der Waals surface area contributed by atoms with Gasteiger partial charge in [0, 0.05) is 31.4 Å². The Labute approximate surface area is 187 Å². The highest BCUT2D eigenvalue weighted by atomic mass is 32.2. The molecule has 0 unspecified atom stereocenters. The maximum atomic E-state index is 13.1. The van der Waals surface area contributed by atoms with Crippen LogP contribution in [0.1, 0.15) is 53.2 Å². The van der Waals surface area contributed by atoms with Crippen LogP contribution in [0.25, 0.3) is 0 Å². The molecule has 1 aliphatic heterocycles. The van der Waals surface area contributed by atoms with E-state index < -0.39 is 10.0 Å². The molecule has 1 atom stereocenters. The number of nitrogens with zero attached hydrogens (tertiary/aromatic N) is 6. The first-order chi connectivity index (χ1) is 15.1. The number of fused-ring (bicyclic) bond motifs is 1. The Morgan fingerprint density at radius 2 is 2.00 bits per heavy atom. The van der Waals surface area contributed by atoms with E-state index in [9.17, 15) is 13.2 Å². The van der Waals surface area contributed by atoms with Gasteiger partial charge in [0.25, 0.3) is 5.91 Å². The smallest absolute Gasteiger partial charge is 0.253 e. The summed E-state index contributed by atoms with van der Waals surface area (Å²) < 4.78 is 27.9. The third-order valence-corrected chi connectivity index (χ3v) is 6.65. The Kier molecular flexibility index (Phi) is 5.72.